The van der Waals surface area contributed by atoms with Gasteiger partial charge in [0, 0.05) is 17.9 Å². The maximum absolute atomic E-state index is 9.36. The quantitative estimate of drug-likeness (QED) is 0.287. The number of fused-ring (bicyclic) bond motifs is 1. The van der Waals surface area contributed by atoms with Gasteiger partial charge in [0.05, 0.1) is 18.3 Å². The molecule has 4 atom stereocenters. The summed E-state index contributed by atoms with van der Waals surface area (Å²) in [6, 6.07) is 0. The Labute approximate surface area is 70.0 Å². The van der Waals surface area contributed by atoms with E-state index in [0.717, 1.165) is 6.42 Å². The predicted octanol–water partition coefficient (Wildman–Crippen LogP) is 0.835. The van der Waals surface area contributed by atoms with Crippen molar-refractivity contribution in [3.63, 3.8) is 0 Å². The Morgan fingerprint density at radius 3 is 3.17 bits per heavy atom. The molecule has 0 bridgehead atoms. The molecule has 0 spiro atoms. The fraction of sp³-hybridized carbons (Fsp3) is 1.00. The fourth-order valence-corrected chi connectivity index (χ4v) is 1.93. The third-order valence-electron chi connectivity index (χ3n) is 2.54. The molecular formula is C7H11N3O2. The highest BCUT2D eigenvalue weighted by Crippen LogP contribution is 2.40. The minimum absolute atomic E-state index is 0.229. The van der Waals surface area contributed by atoms with E-state index < -0.39 is 0 Å². The van der Waals surface area contributed by atoms with Crippen LogP contribution in [0.3, 0.4) is 0 Å². The Kier molecular flexibility index (Phi) is 1.92. The van der Waals surface area contributed by atoms with Gasteiger partial charge < -0.3 is 9.84 Å². The van der Waals surface area contributed by atoms with Gasteiger partial charge in [-0.1, -0.05) is 5.11 Å². The molecule has 0 radical (unpaired) electrons. The van der Waals surface area contributed by atoms with Crippen molar-refractivity contribution in [1.29, 1.82) is 0 Å². The van der Waals surface area contributed by atoms with Gasteiger partial charge in [0.2, 0.25) is 0 Å². The van der Waals surface area contributed by atoms with Crippen molar-refractivity contribution in [2.45, 2.75) is 31.2 Å². The zero-order valence-electron chi connectivity index (χ0n) is 6.63. The third-order valence-corrected chi connectivity index (χ3v) is 2.54. The lowest BCUT2D eigenvalue weighted by Crippen LogP contribution is -2.28. The molecule has 1 heterocycles. The van der Waals surface area contributed by atoms with E-state index in [1.807, 2.05) is 0 Å². The van der Waals surface area contributed by atoms with Crippen LogP contribution in [-0.4, -0.2) is 30.0 Å². The molecule has 1 N–H and O–H groups in total. The van der Waals surface area contributed by atoms with Crippen LogP contribution in [0.15, 0.2) is 5.11 Å². The summed E-state index contributed by atoms with van der Waals surface area (Å²) in [5.41, 5.74) is 8.12. The first kappa shape index (κ1) is 7.86. The van der Waals surface area contributed by atoms with Crippen molar-refractivity contribution >= 4 is 0 Å². The van der Waals surface area contributed by atoms with Gasteiger partial charge in [0.1, 0.15) is 0 Å². The highest BCUT2D eigenvalue weighted by atomic mass is 16.6. The lowest BCUT2D eigenvalue weighted by atomic mass is 9.87. The first-order chi connectivity index (χ1) is 5.81. The van der Waals surface area contributed by atoms with Gasteiger partial charge in [-0.05, 0) is 17.9 Å². The molecule has 5 nitrogen and oxygen atoms in total. The molecule has 2 unspecified atom stereocenters. The summed E-state index contributed by atoms with van der Waals surface area (Å²) in [5, 5.41) is 12.9. The number of rotatable bonds is 2. The van der Waals surface area contributed by atoms with Crippen molar-refractivity contribution in [3.05, 3.63) is 10.4 Å². The SMILES string of the molecule is [N-]=[N+]=NC[C@@H]1C[C@H](O)CC2OC21. The molecule has 1 saturated heterocycles. The molecule has 2 aliphatic rings. The van der Waals surface area contributed by atoms with Crippen molar-refractivity contribution in [2.24, 2.45) is 11.0 Å². The van der Waals surface area contributed by atoms with Gasteiger partial charge in [0.25, 0.3) is 0 Å². The molecule has 0 aromatic heterocycles. The number of nitrogens with zero attached hydrogens (tertiary/aromatic N) is 3. The maximum atomic E-state index is 9.36. The van der Waals surface area contributed by atoms with E-state index in [0.29, 0.717) is 13.0 Å². The van der Waals surface area contributed by atoms with Gasteiger partial charge >= 0.3 is 0 Å². The van der Waals surface area contributed by atoms with E-state index in [9.17, 15) is 5.11 Å². The Balaban J connectivity index is 1.92. The summed E-state index contributed by atoms with van der Waals surface area (Å²) >= 11 is 0. The number of hydrogen-bond acceptors (Lipinski definition) is 3. The number of aliphatic hydroxyl groups excluding tert-OH is 1. The Morgan fingerprint density at radius 1 is 1.58 bits per heavy atom. The van der Waals surface area contributed by atoms with Crippen LogP contribution in [0.25, 0.3) is 10.4 Å². The van der Waals surface area contributed by atoms with Crippen LogP contribution in [0.4, 0.5) is 0 Å². The van der Waals surface area contributed by atoms with Gasteiger partial charge in [0.15, 0.2) is 0 Å². The van der Waals surface area contributed by atoms with Crippen molar-refractivity contribution < 1.29 is 9.84 Å². The van der Waals surface area contributed by atoms with Crippen molar-refractivity contribution in [2.75, 3.05) is 6.54 Å². The van der Waals surface area contributed by atoms with Gasteiger partial charge in [-0.15, -0.1) is 0 Å². The molecular weight excluding hydrogens is 158 g/mol. The van der Waals surface area contributed by atoms with E-state index in [-0.39, 0.29) is 24.2 Å². The lowest BCUT2D eigenvalue weighted by Gasteiger charge is -2.20. The van der Waals surface area contributed by atoms with Crippen LogP contribution < -0.4 is 0 Å². The minimum atomic E-state index is -0.271. The van der Waals surface area contributed by atoms with Gasteiger partial charge in [-0.2, -0.15) is 0 Å². The second-order valence-electron chi connectivity index (χ2n) is 3.44. The molecule has 1 aliphatic carbocycles. The predicted molar refractivity (Wildman–Crippen MR) is 41.4 cm³/mol. The molecule has 0 aromatic rings. The smallest absolute Gasteiger partial charge is 0.0873 e. The molecule has 2 rings (SSSR count). The topological polar surface area (TPSA) is 81.5 Å². The van der Waals surface area contributed by atoms with Crippen LogP contribution in [0.5, 0.6) is 0 Å². The average Bonchev–Trinajstić information content (AvgIpc) is 2.78. The number of epoxide rings is 1. The van der Waals surface area contributed by atoms with Crippen LogP contribution >= 0.6 is 0 Å². The summed E-state index contributed by atoms with van der Waals surface area (Å²) in [6.07, 6.45) is 1.66. The molecule has 5 heteroatoms. The van der Waals surface area contributed by atoms with Crippen LogP contribution in [0.2, 0.25) is 0 Å². The number of ether oxygens (including phenoxy) is 1. The summed E-state index contributed by atoms with van der Waals surface area (Å²) in [7, 11) is 0. The summed E-state index contributed by atoms with van der Waals surface area (Å²) in [4.78, 5) is 2.70. The highest BCUT2D eigenvalue weighted by molar-refractivity contribution is 4.98. The minimum Gasteiger partial charge on any atom is -0.393 e. The Morgan fingerprint density at radius 2 is 2.42 bits per heavy atom. The zero-order valence-corrected chi connectivity index (χ0v) is 6.63. The average molecular weight is 169 g/mol. The first-order valence-electron chi connectivity index (χ1n) is 4.15. The largest absolute Gasteiger partial charge is 0.393 e. The number of hydrogen-bond donors (Lipinski definition) is 1. The van der Waals surface area contributed by atoms with Gasteiger partial charge in [-0.3, -0.25) is 0 Å². The third kappa shape index (κ3) is 1.39. The van der Waals surface area contributed by atoms with Crippen molar-refractivity contribution in [3.8, 4) is 0 Å². The summed E-state index contributed by atoms with van der Waals surface area (Å²) in [5.74, 6) is 0.231. The van der Waals surface area contributed by atoms with E-state index in [2.05, 4.69) is 10.0 Å². The van der Waals surface area contributed by atoms with Crippen molar-refractivity contribution in [1.82, 2.24) is 0 Å². The first-order valence-corrected chi connectivity index (χ1v) is 4.15. The molecule has 1 aliphatic heterocycles. The van der Waals surface area contributed by atoms with E-state index >= 15 is 0 Å². The van der Waals surface area contributed by atoms with E-state index in [1.54, 1.807) is 0 Å². The molecule has 66 valence electrons. The number of azide groups is 1. The number of aliphatic hydroxyl groups is 1. The van der Waals surface area contributed by atoms with Crippen LogP contribution in [-0.2, 0) is 4.74 Å². The zero-order chi connectivity index (χ0) is 8.55. The molecule has 12 heavy (non-hydrogen) atoms. The molecule has 0 aromatic carbocycles. The van der Waals surface area contributed by atoms with Crippen LogP contribution in [0, 0.1) is 5.92 Å². The van der Waals surface area contributed by atoms with E-state index in [1.165, 1.54) is 0 Å². The fourth-order valence-electron chi connectivity index (χ4n) is 1.93. The monoisotopic (exact) mass is 169 g/mol. The maximum Gasteiger partial charge on any atom is 0.0873 e. The molecule has 2 fully saturated rings. The summed E-state index contributed by atoms with van der Waals surface area (Å²) in [6.45, 7) is 0.453. The molecule has 1 saturated carbocycles. The Hall–Kier alpha value is -0.770. The second kappa shape index (κ2) is 2.94. The lowest BCUT2D eigenvalue weighted by molar-refractivity contribution is 0.118. The van der Waals surface area contributed by atoms with Crippen LogP contribution in [0.1, 0.15) is 12.8 Å². The second-order valence-corrected chi connectivity index (χ2v) is 3.44. The Bertz CT molecular complexity index is 227. The summed E-state index contributed by atoms with van der Waals surface area (Å²) < 4.78 is 5.31. The normalized spacial score (nSPS) is 44.4. The standard InChI is InChI=1S/C7H11N3O2/c8-10-9-3-4-1-5(11)2-6-7(4)12-6/h4-7,11H,1-3H2/t4-,5-,6?,7?/m0/s1. The van der Waals surface area contributed by atoms with E-state index in [4.69, 9.17) is 10.3 Å². The molecule has 0 amide bonds. The van der Waals surface area contributed by atoms with Gasteiger partial charge in [-0.25, -0.2) is 0 Å². The highest BCUT2D eigenvalue weighted by Gasteiger charge is 2.49.